The fourth-order valence-electron chi connectivity index (χ4n) is 2.19. The number of carbonyl (C=O) groups is 1. The van der Waals surface area contributed by atoms with E-state index in [9.17, 15) is 4.79 Å². The van der Waals surface area contributed by atoms with Crippen molar-refractivity contribution in [3.8, 4) is 5.75 Å². The molecule has 0 unspecified atom stereocenters. The SMILES string of the molecule is COc1ccc2c(c1)CCC(=O)N2C(C)C. The van der Waals surface area contributed by atoms with Crippen molar-refractivity contribution >= 4 is 11.6 Å². The maximum atomic E-state index is 11.8. The Bertz CT molecular complexity index is 412. The summed E-state index contributed by atoms with van der Waals surface area (Å²) < 4.78 is 5.20. The lowest BCUT2D eigenvalue weighted by Gasteiger charge is -2.32. The molecule has 1 aliphatic rings. The largest absolute Gasteiger partial charge is 0.497 e. The molecular weight excluding hydrogens is 202 g/mol. The molecule has 1 aromatic rings. The van der Waals surface area contributed by atoms with E-state index in [2.05, 4.69) is 0 Å². The third kappa shape index (κ3) is 1.77. The minimum Gasteiger partial charge on any atom is -0.497 e. The van der Waals surface area contributed by atoms with Crippen LogP contribution in [0.3, 0.4) is 0 Å². The van der Waals surface area contributed by atoms with Crippen LogP contribution >= 0.6 is 0 Å². The zero-order valence-electron chi connectivity index (χ0n) is 9.99. The van der Waals surface area contributed by atoms with Crippen LogP contribution in [0.4, 0.5) is 5.69 Å². The number of anilines is 1. The van der Waals surface area contributed by atoms with E-state index in [0.717, 1.165) is 17.9 Å². The molecule has 0 atom stereocenters. The molecule has 1 aliphatic heterocycles. The second-order valence-electron chi connectivity index (χ2n) is 4.35. The molecule has 86 valence electrons. The van der Waals surface area contributed by atoms with E-state index in [4.69, 9.17) is 4.74 Å². The van der Waals surface area contributed by atoms with E-state index in [1.54, 1.807) is 7.11 Å². The molecule has 0 aliphatic carbocycles. The lowest BCUT2D eigenvalue weighted by Crippen LogP contribution is -2.40. The Morgan fingerprint density at radius 3 is 2.69 bits per heavy atom. The second-order valence-corrected chi connectivity index (χ2v) is 4.35. The van der Waals surface area contributed by atoms with Crippen molar-refractivity contribution in [2.45, 2.75) is 32.7 Å². The number of aryl methyl sites for hydroxylation is 1. The first kappa shape index (κ1) is 11.0. The quantitative estimate of drug-likeness (QED) is 0.764. The van der Waals surface area contributed by atoms with Crippen molar-refractivity contribution in [1.82, 2.24) is 0 Å². The average molecular weight is 219 g/mol. The predicted molar refractivity (Wildman–Crippen MR) is 63.9 cm³/mol. The van der Waals surface area contributed by atoms with Crippen molar-refractivity contribution in [3.63, 3.8) is 0 Å². The summed E-state index contributed by atoms with van der Waals surface area (Å²) in [5.74, 6) is 1.07. The summed E-state index contributed by atoms with van der Waals surface area (Å²) in [6, 6.07) is 6.12. The fourth-order valence-corrected chi connectivity index (χ4v) is 2.19. The van der Waals surface area contributed by atoms with Crippen molar-refractivity contribution in [2.75, 3.05) is 12.0 Å². The maximum Gasteiger partial charge on any atom is 0.227 e. The van der Waals surface area contributed by atoms with Gasteiger partial charge in [-0.1, -0.05) is 0 Å². The van der Waals surface area contributed by atoms with E-state index >= 15 is 0 Å². The molecule has 0 N–H and O–H groups in total. The lowest BCUT2D eigenvalue weighted by molar-refractivity contribution is -0.119. The number of methoxy groups -OCH3 is 1. The van der Waals surface area contributed by atoms with Crippen molar-refractivity contribution in [3.05, 3.63) is 23.8 Å². The number of rotatable bonds is 2. The number of hydrogen-bond donors (Lipinski definition) is 0. The van der Waals surface area contributed by atoms with Gasteiger partial charge in [-0.25, -0.2) is 0 Å². The van der Waals surface area contributed by atoms with Gasteiger partial charge in [0.15, 0.2) is 0 Å². The molecule has 16 heavy (non-hydrogen) atoms. The first-order chi connectivity index (χ1) is 7.63. The smallest absolute Gasteiger partial charge is 0.227 e. The van der Waals surface area contributed by atoms with Gasteiger partial charge in [0.25, 0.3) is 0 Å². The Morgan fingerprint density at radius 2 is 2.06 bits per heavy atom. The first-order valence-corrected chi connectivity index (χ1v) is 5.62. The van der Waals surface area contributed by atoms with Gasteiger partial charge in [-0.2, -0.15) is 0 Å². The van der Waals surface area contributed by atoms with E-state index in [-0.39, 0.29) is 11.9 Å². The normalized spacial score (nSPS) is 15.2. The number of ether oxygens (including phenoxy) is 1. The van der Waals surface area contributed by atoms with Crippen LogP contribution in [0.2, 0.25) is 0 Å². The number of fused-ring (bicyclic) bond motifs is 1. The minimum absolute atomic E-state index is 0.208. The van der Waals surface area contributed by atoms with Gasteiger partial charge in [0.05, 0.1) is 7.11 Å². The van der Waals surface area contributed by atoms with E-state index in [0.29, 0.717) is 6.42 Å². The van der Waals surface area contributed by atoms with Crippen LogP contribution in [0, 0.1) is 0 Å². The van der Waals surface area contributed by atoms with Gasteiger partial charge >= 0.3 is 0 Å². The lowest BCUT2D eigenvalue weighted by atomic mass is 9.99. The molecule has 0 saturated heterocycles. The topological polar surface area (TPSA) is 29.5 Å². The molecule has 1 amide bonds. The highest BCUT2D eigenvalue weighted by Gasteiger charge is 2.26. The minimum atomic E-state index is 0.208. The van der Waals surface area contributed by atoms with Crippen LogP contribution in [0.1, 0.15) is 25.8 Å². The molecule has 1 aromatic carbocycles. The molecule has 0 fully saturated rings. The van der Waals surface area contributed by atoms with E-state index < -0.39 is 0 Å². The average Bonchev–Trinajstić information content (AvgIpc) is 2.27. The van der Waals surface area contributed by atoms with Crippen LogP contribution in [-0.4, -0.2) is 19.1 Å². The number of hydrogen-bond acceptors (Lipinski definition) is 2. The van der Waals surface area contributed by atoms with Gasteiger partial charge in [0.1, 0.15) is 5.75 Å². The fraction of sp³-hybridized carbons (Fsp3) is 0.462. The summed E-state index contributed by atoms with van der Waals surface area (Å²) in [5.41, 5.74) is 2.24. The van der Waals surface area contributed by atoms with E-state index in [1.165, 1.54) is 5.56 Å². The van der Waals surface area contributed by atoms with Gasteiger partial charge in [0.2, 0.25) is 5.91 Å². The highest BCUT2D eigenvalue weighted by atomic mass is 16.5. The summed E-state index contributed by atoms with van der Waals surface area (Å²) in [6.07, 6.45) is 1.41. The van der Waals surface area contributed by atoms with Crippen LogP contribution < -0.4 is 9.64 Å². The van der Waals surface area contributed by atoms with Gasteiger partial charge in [-0.05, 0) is 44.0 Å². The van der Waals surface area contributed by atoms with Gasteiger partial charge in [0, 0.05) is 18.2 Å². The Morgan fingerprint density at radius 1 is 1.31 bits per heavy atom. The third-order valence-electron chi connectivity index (χ3n) is 2.94. The van der Waals surface area contributed by atoms with Crippen LogP contribution in [0.15, 0.2) is 18.2 Å². The van der Waals surface area contributed by atoms with E-state index in [1.807, 2.05) is 36.9 Å². The number of amides is 1. The van der Waals surface area contributed by atoms with Gasteiger partial charge < -0.3 is 9.64 Å². The second kappa shape index (κ2) is 4.16. The molecule has 3 nitrogen and oxygen atoms in total. The van der Waals surface area contributed by atoms with Crippen LogP contribution in [0.25, 0.3) is 0 Å². The summed E-state index contributed by atoms with van der Waals surface area (Å²) in [6.45, 7) is 4.08. The third-order valence-corrected chi connectivity index (χ3v) is 2.94. The summed E-state index contributed by atoms with van der Waals surface area (Å²) in [7, 11) is 1.66. The molecule has 3 heteroatoms. The van der Waals surface area contributed by atoms with Crippen molar-refractivity contribution < 1.29 is 9.53 Å². The molecule has 0 saturated carbocycles. The highest BCUT2D eigenvalue weighted by molar-refractivity contribution is 5.97. The molecule has 2 rings (SSSR count). The predicted octanol–water partition coefficient (Wildman–Crippen LogP) is 2.38. The van der Waals surface area contributed by atoms with Crippen molar-refractivity contribution in [2.24, 2.45) is 0 Å². The highest BCUT2D eigenvalue weighted by Crippen LogP contribution is 2.32. The number of benzene rings is 1. The Labute approximate surface area is 96.0 Å². The number of nitrogens with zero attached hydrogens (tertiary/aromatic N) is 1. The zero-order valence-corrected chi connectivity index (χ0v) is 9.99. The molecular formula is C13H17NO2. The first-order valence-electron chi connectivity index (χ1n) is 5.62. The molecule has 0 radical (unpaired) electrons. The zero-order chi connectivity index (χ0) is 11.7. The molecule has 0 spiro atoms. The Kier molecular flexibility index (Phi) is 2.86. The number of carbonyl (C=O) groups excluding carboxylic acids is 1. The summed E-state index contributed by atoms with van der Waals surface area (Å²) in [4.78, 5) is 13.7. The van der Waals surface area contributed by atoms with Gasteiger partial charge in [-0.3, -0.25) is 4.79 Å². The monoisotopic (exact) mass is 219 g/mol. The standard InChI is InChI=1S/C13H17NO2/c1-9(2)14-12-6-5-11(16-3)8-10(12)4-7-13(14)15/h5-6,8-9H,4,7H2,1-3H3. The molecule has 0 aromatic heterocycles. The molecule has 1 heterocycles. The Hall–Kier alpha value is -1.51. The summed E-state index contributed by atoms with van der Waals surface area (Å²) in [5, 5.41) is 0. The summed E-state index contributed by atoms with van der Waals surface area (Å²) >= 11 is 0. The maximum absolute atomic E-state index is 11.8. The van der Waals surface area contributed by atoms with Crippen LogP contribution in [0.5, 0.6) is 5.75 Å². The Balaban J connectivity index is 2.44. The van der Waals surface area contributed by atoms with Crippen molar-refractivity contribution in [1.29, 1.82) is 0 Å². The van der Waals surface area contributed by atoms with Crippen LogP contribution in [-0.2, 0) is 11.2 Å². The van der Waals surface area contributed by atoms with Gasteiger partial charge in [-0.15, -0.1) is 0 Å². The molecule has 0 bridgehead atoms.